The summed E-state index contributed by atoms with van der Waals surface area (Å²) in [5.74, 6) is -1.10. The van der Waals surface area contributed by atoms with Gasteiger partial charge in [0, 0.05) is 18.3 Å². The van der Waals surface area contributed by atoms with Crippen LogP contribution in [0.4, 0.5) is 0 Å². The van der Waals surface area contributed by atoms with E-state index in [1.165, 1.54) is 18.6 Å². The number of halogens is 2. The van der Waals surface area contributed by atoms with Crippen LogP contribution in [-0.4, -0.2) is 26.6 Å². The molecule has 0 amide bonds. The Labute approximate surface area is 99.6 Å². The summed E-state index contributed by atoms with van der Waals surface area (Å²) in [7, 11) is 0. The van der Waals surface area contributed by atoms with Crippen molar-refractivity contribution < 1.29 is 9.90 Å². The first-order valence-electron chi connectivity index (χ1n) is 3.71. The molecule has 0 aliphatic carbocycles. The van der Waals surface area contributed by atoms with Crippen LogP contribution in [0.1, 0.15) is 5.69 Å². The topological polar surface area (TPSA) is 92.0 Å². The Bertz CT molecular complexity index is 316. The van der Waals surface area contributed by atoms with Crippen molar-refractivity contribution in [1.29, 1.82) is 0 Å². The molecule has 0 fully saturated rings. The molecule has 1 unspecified atom stereocenters. The lowest BCUT2D eigenvalue weighted by molar-refractivity contribution is -0.141. The summed E-state index contributed by atoms with van der Waals surface area (Å²) < 4.78 is 0. The molecule has 0 spiro atoms. The molecule has 1 rings (SSSR count). The van der Waals surface area contributed by atoms with Crippen molar-refractivity contribution in [2.24, 2.45) is 5.73 Å². The van der Waals surface area contributed by atoms with Gasteiger partial charge < -0.3 is 15.8 Å². The fourth-order valence-corrected chi connectivity index (χ4v) is 0.932. The molecule has 0 aromatic carbocycles. The third-order valence-electron chi connectivity index (χ3n) is 1.80. The number of carboxylic acids is 1. The van der Waals surface area contributed by atoms with E-state index >= 15 is 0 Å². The molecule has 15 heavy (non-hydrogen) atoms. The maximum atomic E-state index is 10.7. The maximum absolute atomic E-state index is 10.7. The highest BCUT2D eigenvalue weighted by atomic mass is 35.5. The summed E-state index contributed by atoms with van der Waals surface area (Å²) in [5.41, 5.74) is 4.81. The number of H-pyrrole nitrogens is 1. The normalized spacial score (nSPS) is 12.9. The van der Waals surface area contributed by atoms with Crippen LogP contribution in [0.25, 0.3) is 0 Å². The van der Waals surface area contributed by atoms with Crippen LogP contribution in [0.2, 0.25) is 0 Å². The summed E-state index contributed by atoms with van der Waals surface area (Å²) >= 11 is 0. The lowest BCUT2D eigenvalue weighted by Crippen LogP contribution is -2.47. The first-order valence-corrected chi connectivity index (χ1v) is 3.71. The molecule has 0 aliphatic heterocycles. The molecule has 0 saturated heterocycles. The molecule has 0 aliphatic rings. The maximum Gasteiger partial charge on any atom is 0.328 e. The SMILES string of the molecule is C=CC(N)(Cc1cnc[nH]1)C(=O)O.Cl.Cl. The van der Waals surface area contributed by atoms with Crippen LogP contribution in [0, 0.1) is 0 Å². The molecule has 86 valence electrons. The van der Waals surface area contributed by atoms with Crippen LogP contribution in [0.5, 0.6) is 0 Å². The molecule has 1 atom stereocenters. The van der Waals surface area contributed by atoms with Gasteiger partial charge in [0.1, 0.15) is 5.54 Å². The number of hydrogen-bond donors (Lipinski definition) is 3. The zero-order valence-electron chi connectivity index (χ0n) is 7.84. The largest absolute Gasteiger partial charge is 0.480 e. The molecule has 1 heterocycles. The zero-order valence-corrected chi connectivity index (χ0v) is 9.48. The third-order valence-corrected chi connectivity index (χ3v) is 1.80. The second kappa shape index (κ2) is 6.44. The summed E-state index contributed by atoms with van der Waals surface area (Å²) in [6, 6.07) is 0. The van der Waals surface area contributed by atoms with E-state index in [0.717, 1.165) is 0 Å². The van der Waals surface area contributed by atoms with Crippen molar-refractivity contribution in [1.82, 2.24) is 9.97 Å². The minimum Gasteiger partial charge on any atom is -0.480 e. The van der Waals surface area contributed by atoms with Crippen molar-refractivity contribution >= 4 is 30.8 Å². The monoisotopic (exact) mass is 253 g/mol. The Kier molecular flexibility index (Phi) is 7.04. The quantitative estimate of drug-likeness (QED) is 0.692. The van der Waals surface area contributed by atoms with Gasteiger partial charge in [-0.2, -0.15) is 0 Å². The summed E-state index contributed by atoms with van der Waals surface area (Å²) in [6.45, 7) is 3.39. The van der Waals surface area contributed by atoms with Gasteiger partial charge in [0.15, 0.2) is 0 Å². The molecule has 4 N–H and O–H groups in total. The van der Waals surface area contributed by atoms with Crippen LogP contribution < -0.4 is 5.73 Å². The number of carboxylic acid groups (broad SMARTS) is 1. The number of carbonyl (C=O) groups is 1. The van der Waals surface area contributed by atoms with E-state index in [0.29, 0.717) is 5.69 Å². The Hall–Kier alpha value is -1.04. The van der Waals surface area contributed by atoms with Crippen molar-refractivity contribution in [3.63, 3.8) is 0 Å². The number of nitrogens with one attached hydrogen (secondary N) is 1. The highest BCUT2D eigenvalue weighted by Gasteiger charge is 2.30. The molecule has 1 aromatic heterocycles. The number of rotatable bonds is 4. The summed E-state index contributed by atoms with van der Waals surface area (Å²) in [6.07, 6.45) is 4.39. The van der Waals surface area contributed by atoms with Gasteiger partial charge in [-0.15, -0.1) is 31.4 Å². The summed E-state index contributed by atoms with van der Waals surface area (Å²) in [5, 5.41) is 8.80. The van der Waals surface area contributed by atoms with E-state index < -0.39 is 11.5 Å². The van der Waals surface area contributed by atoms with Gasteiger partial charge in [-0.05, 0) is 0 Å². The first-order chi connectivity index (χ1) is 6.08. The van der Waals surface area contributed by atoms with Gasteiger partial charge in [-0.25, -0.2) is 9.78 Å². The van der Waals surface area contributed by atoms with Gasteiger partial charge in [-0.3, -0.25) is 0 Å². The lowest BCUT2D eigenvalue weighted by atomic mass is 9.95. The molecular formula is C8H13Cl2N3O2. The second-order valence-corrected chi connectivity index (χ2v) is 2.80. The number of nitrogens with two attached hydrogens (primary N) is 1. The number of aliphatic carboxylic acids is 1. The first kappa shape index (κ1) is 16.4. The van der Waals surface area contributed by atoms with Crippen LogP contribution in [0.3, 0.4) is 0 Å². The molecule has 7 heteroatoms. The van der Waals surface area contributed by atoms with Gasteiger partial charge in [0.25, 0.3) is 0 Å². The van der Waals surface area contributed by atoms with Crippen molar-refractivity contribution in [3.8, 4) is 0 Å². The minimum absolute atomic E-state index is 0. The van der Waals surface area contributed by atoms with E-state index in [1.54, 1.807) is 0 Å². The number of nitrogens with zero attached hydrogens (tertiary/aromatic N) is 1. The van der Waals surface area contributed by atoms with Crippen LogP contribution in [-0.2, 0) is 11.2 Å². The lowest BCUT2D eigenvalue weighted by Gasteiger charge is -2.18. The zero-order chi connectivity index (χ0) is 9.90. The number of aromatic nitrogens is 2. The Morgan fingerprint density at radius 3 is 2.67 bits per heavy atom. The Balaban J connectivity index is 0. The van der Waals surface area contributed by atoms with E-state index in [9.17, 15) is 4.79 Å². The standard InChI is InChI=1S/C8H11N3O2.2ClH/c1-2-8(9,7(12)13)3-6-4-10-5-11-6;;/h2,4-5H,1,3,9H2,(H,10,11)(H,12,13);2*1H. The van der Waals surface area contributed by atoms with Gasteiger partial charge in [-0.1, -0.05) is 6.08 Å². The number of imidazole rings is 1. The third kappa shape index (κ3) is 3.91. The second-order valence-electron chi connectivity index (χ2n) is 2.80. The van der Waals surface area contributed by atoms with Gasteiger partial charge >= 0.3 is 5.97 Å². The smallest absolute Gasteiger partial charge is 0.328 e. The average Bonchev–Trinajstić information content (AvgIpc) is 2.56. The summed E-state index contributed by atoms with van der Waals surface area (Å²) in [4.78, 5) is 17.3. The molecule has 0 radical (unpaired) electrons. The number of aromatic amines is 1. The van der Waals surface area contributed by atoms with E-state index in [1.807, 2.05) is 0 Å². The van der Waals surface area contributed by atoms with E-state index in [4.69, 9.17) is 10.8 Å². The Morgan fingerprint density at radius 2 is 2.33 bits per heavy atom. The van der Waals surface area contributed by atoms with Crippen molar-refractivity contribution in [3.05, 3.63) is 30.9 Å². The highest BCUT2D eigenvalue weighted by Crippen LogP contribution is 2.09. The minimum atomic E-state index is -1.42. The molecule has 1 aromatic rings. The molecular weight excluding hydrogens is 241 g/mol. The molecule has 0 bridgehead atoms. The predicted octanol–water partition coefficient (Wildman–Crippen LogP) is 0.764. The number of hydrogen-bond acceptors (Lipinski definition) is 3. The fourth-order valence-electron chi connectivity index (χ4n) is 0.932. The molecule has 0 saturated carbocycles. The Morgan fingerprint density at radius 1 is 1.73 bits per heavy atom. The van der Waals surface area contributed by atoms with E-state index in [-0.39, 0.29) is 31.2 Å². The van der Waals surface area contributed by atoms with Crippen molar-refractivity contribution in [2.75, 3.05) is 0 Å². The predicted molar refractivity (Wildman–Crippen MR) is 61.5 cm³/mol. The average molecular weight is 254 g/mol. The van der Waals surface area contributed by atoms with Crippen LogP contribution >= 0.6 is 24.8 Å². The highest BCUT2D eigenvalue weighted by molar-refractivity contribution is 5.85. The molecule has 5 nitrogen and oxygen atoms in total. The van der Waals surface area contributed by atoms with Crippen molar-refractivity contribution in [2.45, 2.75) is 12.0 Å². The van der Waals surface area contributed by atoms with E-state index in [2.05, 4.69) is 16.5 Å². The fraction of sp³-hybridized carbons (Fsp3) is 0.250. The van der Waals surface area contributed by atoms with Gasteiger partial charge in [0.05, 0.1) is 6.33 Å². The van der Waals surface area contributed by atoms with Crippen LogP contribution in [0.15, 0.2) is 25.2 Å². The van der Waals surface area contributed by atoms with Gasteiger partial charge in [0.2, 0.25) is 0 Å².